The molecule has 2 rings (SSSR count). The molecule has 0 amide bonds. The standard InChI is InChI=1S/C13H14N2.2ClH/c1-10-2-4-12(5-3-10)13-8-11(9-14)6-7-15-13;;/h2-8H,9,14H2,1H3;2*1H. The van der Waals surface area contributed by atoms with Gasteiger partial charge in [-0.1, -0.05) is 29.8 Å². The summed E-state index contributed by atoms with van der Waals surface area (Å²) in [5, 5.41) is 0. The Balaban J connectivity index is 0.00000128. The normalized spacial score (nSPS) is 9.06. The van der Waals surface area contributed by atoms with Crippen LogP contribution in [0.25, 0.3) is 11.3 Å². The smallest absolute Gasteiger partial charge is 0.0705 e. The number of hydrogen-bond acceptors (Lipinski definition) is 2. The number of halogens is 2. The van der Waals surface area contributed by atoms with Crippen LogP contribution in [0.4, 0.5) is 0 Å². The maximum absolute atomic E-state index is 5.59. The lowest BCUT2D eigenvalue weighted by molar-refractivity contribution is 1.06. The highest BCUT2D eigenvalue weighted by atomic mass is 35.5. The van der Waals surface area contributed by atoms with Crippen LogP contribution in [0.1, 0.15) is 11.1 Å². The van der Waals surface area contributed by atoms with E-state index in [2.05, 4.69) is 36.2 Å². The zero-order valence-electron chi connectivity index (χ0n) is 9.59. The molecule has 2 nitrogen and oxygen atoms in total. The van der Waals surface area contributed by atoms with E-state index in [4.69, 9.17) is 5.73 Å². The van der Waals surface area contributed by atoms with Gasteiger partial charge in [0, 0.05) is 18.3 Å². The van der Waals surface area contributed by atoms with Crippen LogP contribution in [0.2, 0.25) is 0 Å². The minimum atomic E-state index is 0. The molecule has 0 bridgehead atoms. The first-order chi connectivity index (χ1) is 7.29. The number of benzene rings is 1. The van der Waals surface area contributed by atoms with Gasteiger partial charge in [0.2, 0.25) is 0 Å². The molecule has 4 heteroatoms. The predicted molar refractivity (Wildman–Crippen MR) is 76.8 cm³/mol. The van der Waals surface area contributed by atoms with Crippen molar-refractivity contribution in [3.63, 3.8) is 0 Å². The van der Waals surface area contributed by atoms with Gasteiger partial charge in [0.05, 0.1) is 5.69 Å². The van der Waals surface area contributed by atoms with E-state index < -0.39 is 0 Å². The Morgan fingerprint density at radius 2 is 1.71 bits per heavy atom. The zero-order valence-corrected chi connectivity index (χ0v) is 11.2. The zero-order chi connectivity index (χ0) is 10.7. The van der Waals surface area contributed by atoms with E-state index in [0.717, 1.165) is 16.8 Å². The lowest BCUT2D eigenvalue weighted by Gasteiger charge is -2.03. The summed E-state index contributed by atoms with van der Waals surface area (Å²) >= 11 is 0. The predicted octanol–water partition coefficient (Wildman–Crippen LogP) is 3.36. The molecule has 1 aromatic heterocycles. The van der Waals surface area contributed by atoms with Crippen molar-refractivity contribution in [3.8, 4) is 11.3 Å². The third kappa shape index (κ3) is 4.00. The van der Waals surface area contributed by atoms with Gasteiger partial charge in [-0.2, -0.15) is 0 Å². The van der Waals surface area contributed by atoms with Crippen LogP contribution in [-0.4, -0.2) is 4.98 Å². The first-order valence-corrected chi connectivity index (χ1v) is 5.01. The van der Waals surface area contributed by atoms with Crippen LogP contribution in [0, 0.1) is 6.92 Å². The van der Waals surface area contributed by atoms with Crippen molar-refractivity contribution in [2.45, 2.75) is 13.5 Å². The Hall–Kier alpha value is -1.09. The molecule has 17 heavy (non-hydrogen) atoms. The monoisotopic (exact) mass is 270 g/mol. The fourth-order valence-electron chi connectivity index (χ4n) is 1.48. The Bertz CT molecular complexity index is 455. The molecule has 0 aliphatic carbocycles. The van der Waals surface area contributed by atoms with Crippen molar-refractivity contribution in [3.05, 3.63) is 53.7 Å². The summed E-state index contributed by atoms with van der Waals surface area (Å²) in [7, 11) is 0. The second kappa shape index (κ2) is 7.28. The molecule has 2 aromatic rings. The van der Waals surface area contributed by atoms with E-state index in [9.17, 15) is 0 Å². The first-order valence-electron chi connectivity index (χ1n) is 5.01. The van der Waals surface area contributed by atoms with Crippen molar-refractivity contribution >= 4 is 24.8 Å². The SMILES string of the molecule is Cc1ccc(-c2cc(CN)ccn2)cc1.Cl.Cl. The number of aromatic nitrogens is 1. The van der Waals surface area contributed by atoms with Crippen LogP contribution >= 0.6 is 24.8 Å². The van der Waals surface area contributed by atoms with Crippen molar-refractivity contribution in [2.24, 2.45) is 5.73 Å². The largest absolute Gasteiger partial charge is 0.326 e. The number of rotatable bonds is 2. The van der Waals surface area contributed by atoms with Gasteiger partial charge in [0.25, 0.3) is 0 Å². The third-order valence-electron chi connectivity index (χ3n) is 2.41. The van der Waals surface area contributed by atoms with E-state index in [-0.39, 0.29) is 24.8 Å². The molecule has 2 N–H and O–H groups in total. The van der Waals surface area contributed by atoms with Crippen LogP contribution in [0.15, 0.2) is 42.6 Å². The molecule has 0 saturated carbocycles. The minimum absolute atomic E-state index is 0. The highest BCUT2D eigenvalue weighted by Gasteiger charge is 1.99. The Morgan fingerprint density at radius 3 is 2.29 bits per heavy atom. The number of hydrogen-bond donors (Lipinski definition) is 1. The average molecular weight is 271 g/mol. The van der Waals surface area contributed by atoms with E-state index in [0.29, 0.717) is 6.54 Å². The second-order valence-electron chi connectivity index (χ2n) is 3.62. The minimum Gasteiger partial charge on any atom is -0.326 e. The van der Waals surface area contributed by atoms with E-state index in [1.165, 1.54) is 5.56 Å². The Morgan fingerprint density at radius 1 is 1.06 bits per heavy atom. The number of nitrogens with zero attached hydrogens (tertiary/aromatic N) is 1. The van der Waals surface area contributed by atoms with Gasteiger partial charge in [-0.3, -0.25) is 4.98 Å². The molecule has 0 aliphatic heterocycles. The summed E-state index contributed by atoms with van der Waals surface area (Å²) in [5.41, 5.74) is 10.1. The molecule has 92 valence electrons. The number of aryl methyl sites for hydroxylation is 1. The van der Waals surface area contributed by atoms with Crippen molar-refractivity contribution in [1.29, 1.82) is 0 Å². The summed E-state index contributed by atoms with van der Waals surface area (Å²) in [4.78, 5) is 4.33. The molecule has 0 saturated heterocycles. The maximum atomic E-state index is 5.59. The highest BCUT2D eigenvalue weighted by Crippen LogP contribution is 2.18. The summed E-state index contributed by atoms with van der Waals surface area (Å²) in [5.74, 6) is 0. The number of nitrogens with two attached hydrogens (primary N) is 1. The first kappa shape index (κ1) is 15.9. The van der Waals surface area contributed by atoms with Gasteiger partial charge >= 0.3 is 0 Å². The molecule has 1 aromatic carbocycles. The topological polar surface area (TPSA) is 38.9 Å². The fourth-order valence-corrected chi connectivity index (χ4v) is 1.48. The summed E-state index contributed by atoms with van der Waals surface area (Å²) in [6.07, 6.45) is 1.80. The maximum Gasteiger partial charge on any atom is 0.0705 e. The van der Waals surface area contributed by atoms with Crippen LogP contribution in [0.5, 0.6) is 0 Å². The van der Waals surface area contributed by atoms with Crippen LogP contribution < -0.4 is 5.73 Å². The van der Waals surface area contributed by atoms with Crippen molar-refractivity contribution < 1.29 is 0 Å². The fraction of sp³-hybridized carbons (Fsp3) is 0.154. The lowest BCUT2D eigenvalue weighted by atomic mass is 10.1. The molecule has 0 fully saturated rings. The molecule has 1 heterocycles. The average Bonchev–Trinajstić information content (AvgIpc) is 2.30. The van der Waals surface area contributed by atoms with Crippen molar-refractivity contribution in [1.82, 2.24) is 4.98 Å². The van der Waals surface area contributed by atoms with Gasteiger partial charge in [-0.15, -0.1) is 24.8 Å². The van der Waals surface area contributed by atoms with E-state index in [1.807, 2.05) is 12.1 Å². The Kier molecular flexibility index (Phi) is 6.81. The summed E-state index contributed by atoms with van der Waals surface area (Å²) in [6.45, 7) is 2.63. The van der Waals surface area contributed by atoms with E-state index in [1.54, 1.807) is 6.20 Å². The molecule has 0 radical (unpaired) electrons. The highest BCUT2D eigenvalue weighted by molar-refractivity contribution is 5.85. The third-order valence-corrected chi connectivity index (χ3v) is 2.41. The Labute approximate surface area is 114 Å². The van der Waals surface area contributed by atoms with Gasteiger partial charge in [-0.05, 0) is 24.6 Å². The molecule has 0 atom stereocenters. The quantitative estimate of drug-likeness (QED) is 0.909. The van der Waals surface area contributed by atoms with Crippen molar-refractivity contribution in [2.75, 3.05) is 0 Å². The summed E-state index contributed by atoms with van der Waals surface area (Å²) in [6, 6.07) is 12.3. The second-order valence-corrected chi connectivity index (χ2v) is 3.62. The molecule has 0 spiro atoms. The number of pyridine rings is 1. The lowest BCUT2D eigenvalue weighted by Crippen LogP contribution is -1.96. The van der Waals surface area contributed by atoms with Gasteiger partial charge < -0.3 is 5.73 Å². The molecular weight excluding hydrogens is 255 g/mol. The van der Waals surface area contributed by atoms with Gasteiger partial charge in [0.1, 0.15) is 0 Å². The van der Waals surface area contributed by atoms with E-state index >= 15 is 0 Å². The van der Waals surface area contributed by atoms with Crippen LogP contribution in [0.3, 0.4) is 0 Å². The molecule has 0 aliphatic rings. The van der Waals surface area contributed by atoms with Gasteiger partial charge in [0.15, 0.2) is 0 Å². The van der Waals surface area contributed by atoms with Gasteiger partial charge in [-0.25, -0.2) is 0 Å². The summed E-state index contributed by atoms with van der Waals surface area (Å²) < 4.78 is 0. The molecule has 0 unspecified atom stereocenters. The van der Waals surface area contributed by atoms with Crippen LogP contribution in [-0.2, 0) is 6.54 Å². The molecular formula is C13H16Cl2N2.